The Morgan fingerprint density at radius 3 is 2.72 bits per heavy atom. The zero-order chi connectivity index (χ0) is 13.1. The van der Waals surface area contributed by atoms with Gasteiger partial charge in [-0.1, -0.05) is 12.1 Å². The third-order valence-electron chi connectivity index (χ3n) is 2.66. The van der Waals surface area contributed by atoms with E-state index in [-0.39, 0.29) is 5.82 Å². The quantitative estimate of drug-likeness (QED) is 0.793. The summed E-state index contributed by atoms with van der Waals surface area (Å²) >= 11 is 0. The molecule has 0 saturated carbocycles. The minimum Gasteiger partial charge on any atom is -0.397 e. The molecule has 0 saturated heterocycles. The number of para-hydroxylation sites is 1. The van der Waals surface area contributed by atoms with Gasteiger partial charge in [-0.05, 0) is 36.8 Å². The Hall–Kier alpha value is -2.54. The molecule has 2 aromatic rings. The zero-order valence-corrected chi connectivity index (χ0v) is 9.87. The van der Waals surface area contributed by atoms with Crippen LogP contribution < -0.4 is 11.1 Å². The molecule has 2 rings (SSSR count). The second-order valence-electron chi connectivity index (χ2n) is 3.97. The van der Waals surface area contributed by atoms with Crippen LogP contribution in [0.25, 0.3) is 0 Å². The van der Waals surface area contributed by atoms with Gasteiger partial charge in [0.2, 0.25) is 0 Å². The first-order chi connectivity index (χ1) is 8.61. The molecule has 3 nitrogen and oxygen atoms in total. The monoisotopic (exact) mass is 241 g/mol. The van der Waals surface area contributed by atoms with Gasteiger partial charge >= 0.3 is 0 Å². The summed E-state index contributed by atoms with van der Waals surface area (Å²) in [6.07, 6.45) is 0. The highest BCUT2D eigenvalue weighted by atomic mass is 19.1. The van der Waals surface area contributed by atoms with Crippen LogP contribution >= 0.6 is 0 Å². The van der Waals surface area contributed by atoms with Gasteiger partial charge in [0.25, 0.3) is 0 Å². The van der Waals surface area contributed by atoms with Crippen LogP contribution in [0.4, 0.5) is 21.5 Å². The summed E-state index contributed by atoms with van der Waals surface area (Å²) in [7, 11) is 0. The molecule has 0 unspecified atom stereocenters. The highest BCUT2D eigenvalue weighted by molar-refractivity contribution is 5.75. The van der Waals surface area contributed by atoms with Gasteiger partial charge in [-0.2, -0.15) is 5.26 Å². The SMILES string of the molecule is Cc1cccc(F)c1Nc1cc(C#N)ccc1N. The Morgan fingerprint density at radius 1 is 1.28 bits per heavy atom. The summed E-state index contributed by atoms with van der Waals surface area (Å²) in [6.45, 7) is 1.80. The number of aryl methyl sites for hydroxylation is 1. The average Bonchev–Trinajstić information content (AvgIpc) is 2.36. The Labute approximate surface area is 105 Å². The van der Waals surface area contributed by atoms with Gasteiger partial charge in [-0.25, -0.2) is 4.39 Å². The molecular weight excluding hydrogens is 229 g/mol. The van der Waals surface area contributed by atoms with Crippen LogP contribution in [0.15, 0.2) is 36.4 Å². The molecule has 0 aliphatic carbocycles. The molecule has 0 bridgehead atoms. The third kappa shape index (κ3) is 2.25. The average molecular weight is 241 g/mol. The first-order valence-electron chi connectivity index (χ1n) is 5.43. The topological polar surface area (TPSA) is 61.8 Å². The van der Waals surface area contributed by atoms with Crippen LogP contribution in [0.2, 0.25) is 0 Å². The standard InChI is InChI=1S/C14H12FN3/c1-9-3-2-4-11(15)14(9)18-13-7-10(8-16)5-6-12(13)17/h2-7,18H,17H2,1H3. The van der Waals surface area contributed by atoms with Crippen molar-refractivity contribution in [3.8, 4) is 6.07 Å². The van der Waals surface area contributed by atoms with Crippen molar-refractivity contribution in [3.05, 3.63) is 53.3 Å². The van der Waals surface area contributed by atoms with E-state index < -0.39 is 0 Å². The fourth-order valence-electron chi connectivity index (χ4n) is 1.66. The molecule has 0 spiro atoms. The molecule has 0 radical (unpaired) electrons. The highest BCUT2D eigenvalue weighted by Crippen LogP contribution is 2.28. The molecule has 0 amide bonds. The maximum absolute atomic E-state index is 13.7. The van der Waals surface area contributed by atoms with E-state index in [0.29, 0.717) is 22.6 Å². The lowest BCUT2D eigenvalue weighted by Crippen LogP contribution is -2.00. The van der Waals surface area contributed by atoms with Crippen molar-refractivity contribution < 1.29 is 4.39 Å². The lowest BCUT2D eigenvalue weighted by atomic mass is 10.1. The van der Waals surface area contributed by atoms with E-state index in [1.807, 2.05) is 6.07 Å². The van der Waals surface area contributed by atoms with E-state index in [0.717, 1.165) is 5.56 Å². The second-order valence-corrected chi connectivity index (χ2v) is 3.97. The van der Waals surface area contributed by atoms with Gasteiger partial charge in [0.1, 0.15) is 5.82 Å². The third-order valence-corrected chi connectivity index (χ3v) is 2.66. The van der Waals surface area contributed by atoms with Crippen molar-refractivity contribution in [2.24, 2.45) is 0 Å². The van der Waals surface area contributed by atoms with Crippen molar-refractivity contribution in [2.75, 3.05) is 11.1 Å². The number of nitrogens with one attached hydrogen (secondary N) is 1. The van der Waals surface area contributed by atoms with Crippen LogP contribution in [0.5, 0.6) is 0 Å². The number of nitrogen functional groups attached to an aromatic ring is 1. The number of hydrogen-bond donors (Lipinski definition) is 2. The lowest BCUT2D eigenvalue weighted by molar-refractivity contribution is 0.631. The van der Waals surface area contributed by atoms with Gasteiger partial charge in [0.15, 0.2) is 0 Å². The van der Waals surface area contributed by atoms with E-state index in [1.54, 1.807) is 37.3 Å². The predicted octanol–water partition coefficient (Wildman–Crippen LogP) is 3.33. The maximum atomic E-state index is 13.7. The van der Waals surface area contributed by atoms with Crippen LogP contribution in [-0.2, 0) is 0 Å². The first-order valence-corrected chi connectivity index (χ1v) is 5.43. The van der Waals surface area contributed by atoms with E-state index in [9.17, 15) is 4.39 Å². The summed E-state index contributed by atoms with van der Waals surface area (Å²) in [6, 6.07) is 11.7. The summed E-state index contributed by atoms with van der Waals surface area (Å²) in [5, 5.41) is 11.8. The zero-order valence-electron chi connectivity index (χ0n) is 9.87. The van der Waals surface area contributed by atoms with Crippen LogP contribution in [-0.4, -0.2) is 0 Å². The smallest absolute Gasteiger partial charge is 0.146 e. The molecule has 18 heavy (non-hydrogen) atoms. The molecule has 4 heteroatoms. The molecule has 90 valence electrons. The van der Waals surface area contributed by atoms with Crippen LogP contribution in [0.1, 0.15) is 11.1 Å². The van der Waals surface area contributed by atoms with Gasteiger partial charge < -0.3 is 11.1 Å². The minimum absolute atomic E-state index is 0.350. The number of halogens is 1. The van der Waals surface area contributed by atoms with Crippen molar-refractivity contribution in [1.29, 1.82) is 5.26 Å². The molecule has 0 fully saturated rings. The van der Waals surface area contributed by atoms with E-state index in [2.05, 4.69) is 5.32 Å². The molecule has 2 aromatic carbocycles. The largest absolute Gasteiger partial charge is 0.397 e. The van der Waals surface area contributed by atoms with Crippen molar-refractivity contribution in [2.45, 2.75) is 6.92 Å². The number of hydrogen-bond acceptors (Lipinski definition) is 3. The molecule has 0 aliphatic heterocycles. The molecule has 0 aliphatic rings. The highest BCUT2D eigenvalue weighted by Gasteiger charge is 2.08. The van der Waals surface area contributed by atoms with Crippen LogP contribution in [0, 0.1) is 24.1 Å². The molecule has 0 heterocycles. The summed E-state index contributed by atoms with van der Waals surface area (Å²) < 4.78 is 13.7. The van der Waals surface area contributed by atoms with Gasteiger partial charge in [-0.3, -0.25) is 0 Å². The van der Waals surface area contributed by atoms with Gasteiger partial charge in [-0.15, -0.1) is 0 Å². The Kier molecular flexibility index (Phi) is 3.16. The Bertz CT molecular complexity index is 609. The number of rotatable bonds is 2. The number of benzene rings is 2. The van der Waals surface area contributed by atoms with Crippen LogP contribution in [0.3, 0.4) is 0 Å². The normalized spacial score (nSPS) is 9.83. The van der Waals surface area contributed by atoms with Gasteiger partial charge in [0.05, 0.1) is 28.7 Å². The summed E-state index contributed by atoms with van der Waals surface area (Å²) in [4.78, 5) is 0. The fraction of sp³-hybridized carbons (Fsp3) is 0.0714. The number of nitriles is 1. The number of nitrogens with zero attached hydrogens (tertiary/aromatic N) is 1. The second kappa shape index (κ2) is 4.76. The molecule has 3 N–H and O–H groups in total. The Balaban J connectivity index is 2.43. The first kappa shape index (κ1) is 11.9. The van der Waals surface area contributed by atoms with E-state index in [1.165, 1.54) is 6.07 Å². The lowest BCUT2D eigenvalue weighted by Gasteiger charge is -2.12. The predicted molar refractivity (Wildman–Crippen MR) is 70.0 cm³/mol. The minimum atomic E-state index is -0.350. The van der Waals surface area contributed by atoms with Gasteiger partial charge in [0, 0.05) is 0 Å². The molecule has 0 aromatic heterocycles. The van der Waals surface area contributed by atoms with Crippen molar-refractivity contribution in [3.63, 3.8) is 0 Å². The fourth-order valence-corrected chi connectivity index (χ4v) is 1.66. The summed E-state index contributed by atoms with van der Waals surface area (Å²) in [5.74, 6) is -0.350. The maximum Gasteiger partial charge on any atom is 0.146 e. The van der Waals surface area contributed by atoms with Crippen molar-refractivity contribution >= 4 is 17.1 Å². The molecule has 0 atom stereocenters. The number of nitrogens with two attached hydrogens (primary N) is 1. The van der Waals surface area contributed by atoms with Crippen molar-refractivity contribution in [1.82, 2.24) is 0 Å². The molecular formula is C14H12FN3. The number of anilines is 3. The Morgan fingerprint density at radius 2 is 2.06 bits per heavy atom. The van der Waals surface area contributed by atoms with E-state index in [4.69, 9.17) is 11.0 Å². The van der Waals surface area contributed by atoms with E-state index >= 15 is 0 Å². The summed E-state index contributed by atoms with van der Waals surface area (Å²) in [5.41, 5.74) is 8.42.